The predicted molar refractivity (Wildman–Crippen MR) is 68.7 cm³/mol. The highest BCUT2D eigenvalue weighted by atomic mass is 79.9. The van der Waals surface area contributed by atoms with Gasteiger partial charge in [0.25, 0.3) is 6.23 Å². The van der Waals surface area contributed by atoms with E-state index in [1.54, 1.807) is 18.2 Å². The van der Waals surface area contributed by atoms with Gasteiger partial charge in [-0.1, -0.05) is 17.3 Å². The van der Waals surface area contributed by atoms with E-state index < -0.39 is 12.1 Å². The van der Waals surface area contributed by atoms with Crippen LogP contribution in [-0.2, 0) is 9.63 Å². The average Bonchev–Trinajstić information content (AvgIpc) is 2.77. The summed E-state index contributed by atoms with van der Waals surface area (Å²) in [6.07, 6.45) is 0.378. The van der Waals surface area contributed by atoms with E-state index in [1.807, 2.05) is 0 Å². The molecule has 1 aromatic rings. The van der Waals surface area contributed by atoms with Gasteiger partial charge in [-0.2, -0.15) is 0 Å². The number of para-hydroxylation sites is 2. The molecule has 1 atom stereocenters. The Bertz CT molecular complexity index is 467. The third kappa shape index (κ3) is 2.37. The van der Waals surface area contributed by atoms with Gasteiger partial charge >= 0.3 is 5.91 Å². The van der Waals surface area contributed by atoms with Gasteiger partial charge in [-0.15, -0.1) is 0 Å². The number of hydrogen-bond donors (Lipinski definition) is 1. The zero-order chi connectivity index (χ0) is 12.4. The lowest BCUT2D eigenvalue weighted by Crippen LogP contribution is -2.41. The number of aromatic hydroxyl groups is 1. The molecule has 0 radical (unpaired) electrons. The van der Waals surface area contributed by atoms with Crippen molar-refractivity contribution in [1.29, 1.82) is 0 Å². The van der Waals surface area contributed by atoms with Crippen LogP contribution in [0.15, 0.2) is 29.4 Å². The van der Waals surface area contributed by atoms with Crippen molar-refractivity contribution < 1.29 is 14.7 Å². The number of nitrogens with zero attached hydrogens (tertiary/aromatic N) is 3. The third-order valence-electron chi connectivity index (χ3n) is 2.12. The molecule has 90 valence electrons. The van der Waals surface area contributed by atoms with Crippen LogP contribution in [0.2, 0.25) is 0 Å². The Kier molecular flexibility index (Phi) is 3.53. The Morgan fingerprint density at radius 1 is 1.47 bits per heavy atom. The standard InChI is InChI=1S/C9H7Br2N3O3/c10-14(11)8(16)9-13(5-12-17-9)6-3-1-2-4-7(6)15/h1-5,9,15H. The van der Waals surface area contributed by atoms with E-state index in [-0.39, 0.29) is 5.75 Å². The lowest BCUT2D eigenvalue weighted by molar-refractivity contribution is -0.132. The van der Waals surface area contributed by atoms with E-state index in [4.69, 9.17) is 4.84 Å². The Labute approximate surface area is 114 Å². The number of hydrogen-bond acceptors (Lipinski definition) is 5. The number of halogens is 2. The van der Waals surface area contributed by atoms with Gasteiger partial charge < -0.3 is 9.94 Å². The minimum absolute atomic E-state index is 0.0398. The first-order valence-corrected chi connectivity index (χ1v) is 5.94. The van der Waals surface area contributed by atoms with E-state index in [1.165, 1.54) is 17.3 Å². The van der Waals surface area contributed by atoms with Crippen molar-refractivity contribution in [2.24, 2.45) is 5.16 Å². The normalized spacial score (nSPS) is 18.0. The Balaban J connectivity index is 2.29. The minimum atomic E-state index is -0.956. The number of benzene rings is 1. The third-order valence-corrected chi connectivity index (χ3v) is 2.82. The molecule has 1 aliphatic heterocycles. The fraction of sp³-hybridized carbons (Fsp3) is 0.111. The van der Waals surface area contributed by atoms with Crippen LogP contribution in [-0.4, -0.2) is 26.5 Å². The number of amides is 1. The Morgan fingerprint density at radius 3 is 2.82 bits per heavy atom. The van der Waals surface area contributed by atoms with Crippen LogP contribution < -0.4 is 4.90 Å². The molecule has 17 heavy (non-hydrogen) atoms. The minimum Gasteiger partial charge on any atom is -0.506 e. The summed E-state index contributed by atoms with van der Waals surface area (Å²) in [5.74, 6) is -0.372. The first kappa shape index (κ1) is 12.2. The summed E-state index contributed by atoms with van der Waals surface area (Å²) in [6.45, 7) is 0. The molecule has 0 bridgehead atoms. The van der Waals surface area contributed by atoms with Gasteiger partial charge in [0.1, 0.15) is 12.1 Å². The van der Waals surface area contributed by atoms with Crippen LogP contribution in [0.1, 0.15) is 0 Å². The number of carbonyl (C=O) groups is 1. The van der Waals surface area contributed by atoms with Crippen LogP contribution in [0, 0.1) is 0 Å². The van der Waals surface area contributed by atoms with Gasteiger partial charge in [0.2, 0.25) is 0 Å². The molecule has 1 unspecified atom stereocenters. The van der Waals surface area contributed by atoms with Crippen molar-refractivity contribution in [3.63, 3.8) is 0 Å². The summed E-state index contributed by atoms with van der Waals surface area (Å²) in [6, 6.07) is 6.60. The Hall–Kier alpha value is -1.28. The highest BCUT2D eigenvalue weighted by molar-refractivity contribution is 9.21. The van der Waals surface area contributed by atoms with Gasteiger partial charge in [0.15, 0.2) is 0 Å². The Morgan fingerprint density at radius 2 is 2.18 bits per heavy atom. The predicted octanol–water partition coefficient (Wildman–Crippen LogP) is 1.95. The fourth-order valence-electron chi connectivity index (χ4n) is 1.37. The number of carbonyl (C=O) groups excluding carboxylic acids is 1. The SMILES string of the molecule is O=C(C1ON=CN1c1ccccc1O)N(Br)Br. The summed E-state index contributed by atoms with van der Waals surface area (Å²) >= 11 is 5.89. The molecule has 1 aliphatic rings. The van der Waals surface area contributed by atoms with E-state index in [9.17, 15) is 9.90 Å². The molecular weight excluding hydrogens is 358 g/mol. The highest BCUT2D eigenvalue weighted by Gasteiger charge is 2.35. The maximum atomic E-state index is 11.7. The monoisotopic (exact) mass is 363 g/mol. The molecule has 1 heterocycles. The van der Waals surface area contributed by atoms with E-state index in [0.717, 1.165) is 2.95 Å². The molecule has 2 rings (SSSR count). The zero-order valence-electron chi connectivity index (χ0n) is 8.33. The molecule has 0 spiro atoms. The topological polar surface area (TPSA) is 65.4 Å². The molecule has 0 aliphatic carbocycles. The van der Waals surface area contributed by atoms with Gasteiger partial charge in [-0.25, -0.2) is 2.95 Å². The molecule has 0 fully saturated rings. The smallest absolute Gasteiger partial charge is 0.308 e. The van der Waals surface area contributed by atoms with Gasteiger partial charge in [-0.05, 0) is 12.1 Å². The number of rotatable bonds is 2. The van der Waals surface area contributed by atoms with E-state index >= 15 is 0 Å². The molecule has 0 saturated carbocycles. The largest absolute Gasteiger partial charge is 0.506 e. The van der Waals surface area contributed by atoms with Crippen molar-refractivity contribution >= 4 is 50.2 Å². The highest BCUT2D eigenvalue weighted by Crippen LogP contribution is 2.30. The molecule has 6 nitrogen and oxygen atoms in total. The summed E-state index contributed by atoms with van der Waals surface area (Å²) in [5.41, 5.74) is 0.439. The average molecular weight is 365 g/mol. The first-order valence-electron chi connectivity index (χ1n) is 4.52. The van der Waals surface area contributed by atoms with Crippen molar-refractivity contribution in [1.82, 2.24) is 2.95 Å². The van der Waals surface area contributed by atoms with Crippen molar-refractivity contribution in [3.05, 3.63) is 24.3 Å². The molecule has 0 saturated heterocycles. The van der Waals surface area contributed by atoms with Crippen LogP contribution in [0.5, 0.6) is 5.75 Å². The number of phenols is 1. The van der Waals surface area contributed by atoms with Gasteiger partial charge in [-0.3, -0.25) is 9.69 Å². The fourth-order valence-corrected chi connectivity index (χ4v) is 1.72. The second-order valence-electron chi connectivity index (χ2n) is 3.15. The zero-order valence-corrected chi connectivity index (χ0v) is 11.5. The first-order chi connectivity index (χ1) is 8.11. The second kappa shape index (κ2) is 4.92. The second-order valence-corrected chi connectivity index (χ2v) is 5.52. The van der Waals surface area contributed by atoms with Crippen molar-refractivity contribution in [3.8, 4) is 5.75 Å². The van der Waals surface area contributed by atoms with E-state index in [0.29, 0.717) is 5.69 Å². The summed E-state index contributed by atoms with van der Waals surface area (Å²) < 4.78 is 1.03. The lowest BCUT2D eigenvalue weighted by Gasteiger charge is -2.22. The molecular formula is C9H7Br2N3O3. The molecule has 1 amide bonds. The van der Waals surface area contributed by atoms with Crippen LogP contribution in [0.25, 0.3) is 0 Å². The van der Waals surface area contributed by atoms with Crippen LogP contribution >= 0.6 is 32.3 Å². The van der Waals surface area contributed by atoms with Crippen molar-refractivity contribution in [2.45, 2.75) is 6.23 Å². The molecule has 8 heteroatoms. The van der Waals surface area contributed by atoms with Gasteiger partial charge in [0, 0.05) is 0 Å². The maximum absolute atomic E-state index is 11.7. The molecule has 0 aromatic heterocycles. The van der Waals surface area contributed by atoms with Crippen molar-refractivity contribution in [2.75, 3.05) is 4.90 Å². The number of phenolic OH excluding ortho intramolecular Hbond substituents is 1. The summed E-state index contributed by atoms with van der Waals surface area (Å²) in [7, 11) is 0. The van der Waals surface area contributed by atoms with E-state index in [2.05, 4.69) is 37.5 Å². The summed E-state index contributed by atoms with van der Waals surface area (Å²) in [5, 5.41) is 13.3. The number of anilines is 1. The quantitative estimate of drug-likeness (QED) is 0.814. The summed E-state index contributed by atoms with van der Waals surface area (Å²) in [4.78, 5) is 18.1. The molecule has 1 N–H and O–H groups in total. The number of oxime groups is 1. The van der Waals surface area contributed by atoms with Crippen LogP contribution in [0.3, 0.4) is 0 Å². The molecule has 1 aromatic carbocycles. The van der Waals surface area contributed by atoms with Crippen LogP contribution in [0.4, 0.5) is 5.69 Å². The van der Waals surface area contributed by atoms with Gasteiger partial charge in [0.05, 0.1) is 38.0 Å². The lowest BCUT2D eigenvalue weighted by atomic mass is 10.2. The maximum Gasteiger partial charge on any atom is 0.308 e.